The van der Waals surface area contributed by atoms with E-state index in [1.807, 2.05) is 27.8 Å². The first-order chi connectivity index (χ1) is 12.3. The van der Waals surface area contributed by atoms with Crippen molar-refractivity contribution >= 4 is 12.1 Å². The Bertz CT molecular complexity index is 527. The minimum absolute atomic E-state index is 0.111. The molecule has 0 spiro atoms. The van der Waals surface area contributed by atoms with E-state index < -0.39 is 5.60 Å². The molecule has 2 heterocycles. The van der Waals surface area contributed by atoms with Crippen molar-refractivity contribution in [2.45, 2.75) is 64.1 Å². The van der Waals surface area contributed by atoms with Gasteiger partial charge in [0, 0.05) is 39.3 Å². The average Bonchev–Trinajstić information content (AvgIpc) is 3.12. The quantitative estimate of drug-likeness (QED) is 0.586. The Labute approximate surface area is 157 Å². The average molecular weight is 366 g/mol. The highest BCUT2D eigenvalue weighted by molar-refractivity contribution is 5.80. The van der Waals surface area contributed by atoms with Gasteiger partial charge in [-0.1, -0.05) is 0 Å². The SMILES string of the molecule is CN=C(NCC1CCN(C2CC2)C1)N1CCC(NC(=O)OC(C)(C)C)C1. The highest BCUT2D eigenvalue weighted by atomic mass is 16.6. The van der Waals surface area contributed by atoms with Gasteiger partial charge in [0.25, 0.3) is 0 Å². The van der Waals surface area contributed by atoms with Gasteiger partial charge in [-0.2, -0.15) is 0 Å². The molecule has 1 saturated carbocycles. The summed E-state index contributed by atoms with van der Waals surface area (Å²) in [6.45, 7) is 10.8. The maximum Gasteiger partial charge on any atom is 0.407 e. The predicted molar refractivity (Wildman–Crippen MR) is 103 cm³/mol. The molecule has 7 heteroatoms. The van der Waals surface area contributed by atoms with Gasteiger partial charge >= 0.3 is 6.09 Å². The van der Waals surface area contributed by atoms with Crippen molar-refractivity contribution < 1.29 is 9.53 Å². The van der Waals surface area contributed by atoms with Crippen LogP contribution in [0.25, 0.3) is 0 Å². The number of nitrogens with zero attached hydrogens (tertiary/aromatic N) is 3. The number of aliphatic imine (C=N–C) groups is 1. The van der Waals surface area contributed by atoms with Crippen LogP contribution in [0.1, 0.15) is 46.5 Å². The van der Waals surface area contributed by atoms with E-state index in [-0.39, 0.29) is 12.1 Å². The van der Waals surface area contributed by atoms with Gasteiger partial charge in [0.05, 0.1) is 6.04 Å². The van der Waals surface area contributed by atoms with Gasteiger partial charge in [-0.25, -0.2) is 4.79 Å². The van der Waals surface area contributed by atoms with Crippen LogP contribution in [0.2, 0.25) is 0 Å². The maximum absolute atomic E-state index is 11.9. The molecule has 2 atom stereocenters. The van der Waals surface area contributed by atoms with Crippen molar-refractivity contribution in [3.8, 4) is 0 Å². The lowest BCUT2D eigenvalue weighted by Gasteiger charge is -2.24. The number of likely N-dealkylation sites (tertiary alicyclic amines) is 2. The second-order valence-electron chi connectivity index (χ2n) is 8.89. The molecule has 0 radical (unpaired) electrons. The lowest BCUT2D eigenvalue weighted by atomic mass is 10.1. The minimum Gasteiger partial charge on any atom is -0.444 e. The summed E-state index contributed by atoms with van der Waals surface area (Å²) < 4.78 is 5.35. The van der Waals surface area contributed by atoms with Gasteiger partial charge in [-0.15, -0.1) is 0 Å². The molecule has 0 aromatic rings. The summed E-state index contributed by atoms with van der Waals surface area (Å²) in [6, 6.07) is 0.984. The molecular weight excluding hydrogens is 330 g/mol. The third-order valence-electron chi connectivity index (χ3n) is 5.35. The van der Waals surface area contributed by atoms with Crippen LogP contribution in [0.5, 0.6) is 0 Å². The van der Waals surface area contributed by atoms with Crippen LogP contribution in [0.15, 0.2) is 4.99 Å². The van der Waals surface area contributed by atoms with Gasteiger partial charge in [0.2, 0.25) is 0 Å². The lowest BCUT2D eigenvalue weighted by molar-refractivity contribution is 0.0507. The number of hydrogen-bond donors (Lipinski definition) is 2. The number of guanidine groups is 1. The summed E-state index contributed by atoms with van der Waals surface area (Å²) in [5, 5.41) is 6.53. The molecule has 1 amide bonds. The number of nitrogens with one attached hydrogen (secondary N) is 2. The molecule has 148 valence electrons. The Morgan fingerprint density at radius 2 is 1.92 bits per heavy atom. The zero-order valence-electron chi connectivity index (χ0n) is 16.8. The van der Waals surface area contributed by atoms with Crippen LogP contribution < -0.4 is 10.6 Å². The Morgan fingerprint density at radius 1 is 1.15 bits per heavy atom. The van der Waals surface area contributed by atoms with E-state index >= 15 is 0 Å². The zero-order valence-corrected chi connectivity index (χ0v) is 16.8. The third-order valence-corrected chi connectivity index (χ3v) is 5.35. The van der Waals surface area contributed by atoms with Gasteiger partial charge in [-0.05, 0) is 58.9 Å². The van der Waals surface area contributed by atoms with E-state index in [4.69, 9.17) is 4.74 Å². The summed E-state index contributed by atoms with van der Waals surface area (Å²) in [5.74, 6) is 1.66. The standard InChI is InChI=1S/C19H35N5O2/c1-19(2,3)26-18(25)22-15-8-10-24(13-15)17(20-4)21-11-14-7-9-23(12-14)16-5-6-16/h14-16H,5-13H2,1-4H3,(H,20,21)(H,22,25). The first kappa shape index (κ1) is 19.3. The molecule has 1 aliphatic carbocycles. The molecule has 2 saturated heterocycles. The number of hydrogen-bond acceptors (Lipinski definition) is 4. The molecule has 2 N–H and O–H groups in total. The minimum atomic E-state index is -0.463. The molecule has 0 aromatic carbocycles. The summed E-state index contributed by atoms with van der Waals surface area (Å²) in [4.78, 5) is 21.3. The molecular formula is C19H35N5O2. The zero-order chi connectivity index (χ0) is 18.7. The summed E-state index contributed by atoms with van der Waals surface area (Å²) in [5.41, 5.74) is -0.463. The van der Waals surface area contributed by atoms with Gasteiger partial charge < -0.3 is 25.2 Å². The highest BCUT2D eigenvalue weighted by Crippen LogP contribution is 2.31. The molecule has 0 bridgehead atoms. The van der Waals surface area contributed by atoms with Gasteiger partial charge in [-0.3, -0.25) is 4.99 Å². The highest BCUT2D eigenvalue weighted by Gasteiger charge is 2.34. The van der Waals surface area contributed by atoms with Crippen LogP contribution in [-0.2, 0) is 4.74 Å². The predicted octanol–water partition coefficient (Wildman–Crippen LogP) is 1.65. The number of carbonyl (C=O) groups excluding carboxylic acids is 1. The summed E-state index contributed by atoms with van der Waals surface area (Å²) in [7, 11) is 1.84. The van der Waals surface area contributed by atoms with Crippen LogP contribution >= 0.6 is 0 Å². The van der Waals surface area contributed by atoms with E-state index in [9.17, 15) is 4.79 Å². The molecule has 3 fully saturated rings. The van der Waals surface area contributed by atoms with Crippen LogP contribution in [0, 0.1) is 5.92 Å². The van der Waals surface area contributed by atoms with Crippen LogP contribution in [-0.4, -0.2) is 79.3 Å². The third kappa shape index (κ3) is 5.50. The summed E-state index contributed by atoms with van der Waals surface area (Å²) >= 11 is 0. The normalized spacial score (nSPS) is 27.7. The number of ether oxygens (including phenoxy) is 1. The van der Waals surface area contributed by atoms with Crippen LogP contribution in [0.4, 0.5) is 4.79 Å². The van der Waals surface area contributed by atoms with Crippen molar-refractivity contribution in [1.82, 2.24) is 20.4 Å². The Kier molecular flexibility index (Phi) is 5.95. The fourth-order valence-corrected chi connectivity index (χ4v) is 3.91. The second kappa shape index (κ2) is 8.03. The van der Waals surface area contributed by atoms with Crippen molar-refractivity contribution in [3.63, 3.8) is 0 Å². The molecule has 0 aromatic heterocycles. The van der Waals surface area contributed by atoms with Crippen molar-refractivity contribution in [3.05, 3.63) is 0 Å². The first-order valence-corrected chi connectivity index (χ1v) is 10.0. The van der Waals surface area contributed by atoms with Gasteiger partial charge in [0.1, 0.15) is 5.60 Å². The number of amides is 1. The van der Waals surface area contributed by atoms with E-state index in [1.54, 1.807) is 0 Å². The lowest BCUT2D eigenvalue weighted by Crippen LogP contribution is -2.45. The second-order valence-corrected chi connectivity index (χ2v) is 8.89. The maximum atomic E-state index is 11.9. The number of carbonyl (C=O) groups is 1. The Hall–Kier alpha value is -1.50. The van der Waals surface area contributed by atoms with Crippen molar-refractivity contribution in [1.29, 1.82) is 0 Å². The molecule has 26 heavy (non-hydrogen) atoms. The van der Waals surface area contributed by atoms with E-state index in [0.717, 1.165) is 38.1 Å². The largest absolute Gasteiger partial charge is 0.444 e. The molecule has 2 unspecified atom stereocenters. The molecule has 2 aliphatic heterocycles. The fraction of sp³-hybridized carbons (Fsp3) is 0.895. The van der Waals surface area contributed by atoms with E-state index in [1.165, 1.54) is 32.4 Å². The number of rotatable bonds is 4. The Morgan fingerprint density at radius 3 is 2.58 bits per heavy atom. The van der Waals surface area contributed by atoms with Gasteiger partial charge in [0.15, 0.2) is 5.96 Å². The first-order valence-electron chi connectivity index (χ1n) is 10.0. The van der Waals surface area contributed by atoms with Crippen molar-refractivity contribution in [2.75, 3.05) is 39.8 Å². The summed E-state index contributed by atoms with van der Waals surface area (Å²) in [6.07, 6.45) is 4.64. The molecule has 3 aliphatic rings. The Balaban J connectivity index is 1.39. The number of alkyl carbamates (subject to hydrolysis) is 1. The molecule has 3 rings (SSSR count). The van der Waals surface area contributed by atoms with Crippen molar-refractivity contribution in [2.24, 2.45) is 10.9 Å². The topological polar surface area (TPSA) is 69.2 Å². The smallest absolute Gasteiger partial charge is 0.407 e. The fourth-order valence-electron chi connectivity index (χ4n) is 3.91. The monoisotopic (exact) mass is 365 g/mol. The molecule has 7 nitrogen and oxygen atoms in total. The van der Waals surface area contributed by atoms with E-state index in [2.05, 4.69) is 25.4 Å². The van der Waals surface area contributed by atoms with Crippen LogP contribution in [0.3, 0.4) is 0 Å². The van der Waals surface area contributed by atoms with E-state index in [0.29, 0.717) is 5.92 Å².